The van der Waals surface area contributed by atoms with E-state index >= 15 is 0 Å². The molecule has 0 radical (unpaired) electrons. The van der Waals surface area contributed by atoms with Crippen molar-refractivity contribution in [1.82, 2.24) is 4.72 Å². The quantitative estimate of drug-likeness (QED) is 0.780. The summed E-state index contributed by atoms with van der Waals surface area (Å²) in [6, 6.07) is 0. The summed E-state index contributed by atoms with van der Waals surface area (Å²) in [6.45, 7) is 3.96. The number of hydrogen-bond acceptors (Lipinski definition) is 2. The van der Waals surface area contributed by atoms with Gasteiger partial charge >= 0.3 is 0 Å². The molecular formula is C10H20ClNO2S. The van der Waals surface area contributed by atoms with E-state index in [1.54, 1.807) is 13.8 Å². The number of alkyl halides is 1. The molecule has 0 bridgehead atoms. The molecule has 1 aliphatic rings. The Balaban J connectivity index is 2.32. The van der Waals surface area contributed by atoms with Gasteiger partial charge in [-0.2, -0.15) is 0 Å². The third-order valence-electron chi connectivity index (χ3n) is 2.97. The Kier molecular flexibility index (Phi) is 4.87. The lowest BCUT2D eigenvalue weighted by molar-refractivity contribution is 0.361. The maximum atomic E-state index is 11.5. The standard InChI is InChI=1S/C10H20ClNO2S/c1-8(2)15(13,14)12-7-9-3-5-10(11)6-4-9/h8-10,12H,3-7H2,1-2H3. The average molecular weight is 254 g/mol. The monoisotopic (exact) mass is 253 g/mol. The molecule has 5 heteroatoms. The summed E-state index contributed by atoms with van der Waals surface area (Å²) in [6.07, 6.45) is 4.09. The van der Waals surface area contributed by atoms with Crippen molar-refractivity contribution in [2.75, 3.05) is 6.54 Å². The molecule has 0 aromatic heterocycles. The van der Waals surface area contributed by atoms with Gasteiger partial charge in [0.2, 0.25) is 10.0 Å². The van der Waals surface area contributed by atoms with Gasteiger partial charge in [0.15, 0.2) is 0 Å². The van der Waals surface area contributed by atoms with Crippen molar-refractivity contribution >= 4 is 21.6 Å². The third-order valence-corrected chi connectivity index (χ3v) is 5.22. The molecule has 0 amide bonds. The predicted octanol–water partition coefficient (Wildman–Crippen LogP) is 2.11. The van der Waals surface area contributed by atoms with Crippen molar-refractivity contribution in [1.29, 1.82) is 0 Å². The van der Waals surface area contributed by atoms with Gasteiger partial charge in [-0.3, -0.25) is 0 Å². The van der Waals surface area contributed by atoms with Crippen LogP contribution in [-0.4, -0.2) is 25.6 Å². The van der Waals surface area contributed by atoms with Crippen LogP contribution in [-0.2, 0) is 10.0 Å². The van der Waals surface area contributed by atoms with E-state index < -0.39 is 10.0 Å². The third kappa shape index (κ3) is 4.29. The lowest BCUT2D eigenvalue weighted by Gasteiger charge is -2.25. The molecule has 0 heterocycles. The maximum Gasteiger partial charge on any atom is 0.213 e. The molecule has 1 saturated carbocycles. The van der Waals surface area contributed by atoms with Gasteiger partial charge in [-0.25, -0.2) is 13.1 Å². The molecule has 1 N–H and O–H groups in total. The number of nitrogens with one attached hydrogen (secondary N) is 1. The molecule has 0 aromatic carbocycles. The summed E-state index contributed by atoms with van der Waals surface area (Å²) >= 11 is 5.98. The van der Waals surface area contributed by atoms with Crippen LogP contribution >= 0.6 is 11.6 Å². The van der Waals surface area contributed by atoms with Gasteiger partial charge in [-0.05, 0) is 45.4 Å². The van der Waals surface area contributed by atoms with Gasteiger partial charge in [0.05, 0.1) is 5.25 Å². The molecule has 0 saturated heterocycles. The summed E-state index contributed by atoms with van der Waals surface area (Å²) in [7, 11) is -3.09. The van der Waals surface area contributed by atoms with Crippen LogP contribution in [0.3, 0.4) is 0 Å². The molecule has 0 aliphatic heterocycles. The first-order valence-corrected chi connectivity index (χ1v) is 7.52. The Labute approximate surface area is 97.6 Å². The van der Waals surface area contributed by atoms with Gasteiger partial charge in [-0.1, -0.05) is 0 Å². The van der Waals surface area contributed by atoms with Crippen LogP contribution in [0.5, 0.6) is 0 Å². The fourth-order valence-corrected chi connectivity index (χ4v) is 2.78. The lowest BCUT2D eigenvalue weighted by atomic mass is 9.89. The smallest absolute Gasteiger partial charge is 0.213 e. The Hall–Kier alpha value is 0.200. The van der Waals surface area contributed by atoms with Gasteiger partial charge in [0.25, 0.3) is 0 Å². The zero-order chi connectivity index (χ0) is 11.5. The van der Waals surface area contributed by atoms with Crippen LogP contribution in [0.1, 0.15) is 39.5 Å². The van der Waals surface area contributed by atoms with E-state index in [1.807, 2.05) is 0 Å². The molecule has 1 rings (SSSR count). The SMILES string of the molecule is CC(C)S(=O)(=O)NCC1CCC(Cl)CC1. The normalized spacial score (nSPS) is 28.3. The van der Waals surface area contributed by atoms with Gasteiger partial charge in [0.1, 0.15) is 0 Å². The first-order chi connectivity index (χ1) is 6.92. The molecule has 15 heavy (non-hydrogen) atoms. The molecule has 90 valence electrons. The minimum atomic E-state index is -3.09. The van der Waals surface area contributed by atoms with Gasteiger partial charge in [0, 0.05) is 11.9 Å². The number of hydrogen-bond donors (Lipinski definition) is 1. The fourth-order valence-electron chi connectivity index (χ4n) is 1.73. The topological polar surface area (TPSA) is 46.2 Å². The van der Waals surface area contributed by atoms with Crippen LogP contribution in [0, 0.1) is 5.92 Å². The maximum absolute atomic E-state index is 11.5. The van der Waals surface area contributed by atoms with Crippen molar-refractivity contribution < 1.29 is 8.42 Å². The van der Waals surface area contributed by atoms with E-state index in [9.17, 15) is 8.42 Å². The zero-order valence-electron chi connectivity index (χ0n) is 9.37. The van der Waals surface area contributed by atoms with E-state index in [0.29, 0.717) is 17.8 Å². The highest BCUT2D eigenvalue weighted by molar-refractivity contribution is 7.90. The summed E-state index contributed by atoms with van der Waals surface area (Å²) < 4.78 is 25.7. The minimum Gasteiger partial charge on any atom is -0.215 e. The summed E-state index contributed by atoms with van der Waals surface area (Å²) in [5.41, 5.74) is 0. The number of halogens is 1. The zero-order valence-corrected chi connectivity index (χ0v) is 10.9. The first-order valence-electron chi connectivity index (χ1n) is 5.54. The second kappa shape index (κ2) is 5.51. The van der Waals surface area contributed by atoms with Crippen molar-refractivity contribution in [3.8, 4) is 0 Å². The largest absolute Gasteiger partial charge is 0.215 e. The van der Waals surface area contributed by atoms with E-state index in [0.717, 1.165) is 25.7 Å². The van der Waals surface area contributed by atoms with Crippen LogP contribution in [0.25, 0.3) is 0 Å². The number of sulfonamides is 1. The second-order valence-corrected chi connectivity index (χ2v) is 7.50. The fraction of sp³-hybridized carbons (Fsp3) is 1.00. The Morgan fingerprint density at radius 3 is 2.27 bits per heavy atom. The van der Waals surface area contributed by atoms with Crippen LogP contribution in [0.2, 0.25) is 0 Å². The van der Waals surface area contributed by atoms with Crippen molar-refractivity contribution in [3.05, 3.63) is 0 Å². The molecule has 0 unspecified atom stereocenters. The Morgan fingerprint density at radius 2 is 1.80 bits per heavy atom. The van der Waals surface area contributed by atoms with Crippen LogP contribution in [0.15, 0.2) is 0 Å². The number of rotatable bonds is 4. The highest BCUT2D eigenvalue weighted by Crippen LogP contribution is 2.27. The Bertz CT molecular complexity index is 282. The molecule has 0 aromatic rings. The molecule has 1 aliphatic carbocycles. The van der Waals surface area contributed by atoms with E-state index in [1.165, 1.54) is 0 Å². The predicted molar refractivity (Wildman–Crippen MR) is 63.7 cm³/mol. The highest BCUT2D eigenvalue weighted by atomic mass is 35.5. The molecule has 3 nitrogen and oxygen atoms in total. The minimum absolute atomic E-state index is 0.294. The lowest BCUT2D eigenvalue weighted by Crippen LogP contribution is -2.35. The summed E-state index contributed by atoms with van der Waals surface area (Å²) in [5, 5.41) is -0.0511. The van der Waals surface area contributed by atoms with Crippen molar-refractivity contribution in [2.45, 2.75) is 50.2 Å². The Morgan fingerprint density at radius 1 is 1.27 bits per heavy atom. The highest BCUT2D eigenvalue weighted by Gasteiger charge is 2.22. The van der Waals surface area contributed by atoms with E-state index in [-0.39, 0.29) is 5.25 Å². The van der Waals surface area contributed by atoms with E-state index in [4.69, 9.17) is 11.6 Å². The van der Waals surface area contributed by atoms with Crippen molar-refractivity contribution in [2.24, 2.45) is 5.92 Å². The van der Waals surface area contributed by atoms with Crippen molar-refractivity contribution in [3.63, 3.8) is 0 Å². The summed E-state index contributed by atoms with van der Waals surface area (Å²) in [5.74, 6) is 0.466. The molecule has 1 fully saturated rings. The van der Waals surface area contributed by atoms with E-state index in [2.05, 4.69) is 4.72 Å². The first kappa shape index (κ1) is 13.3. The van der Waals surface area contributed by atoms with Crippen LogP contribution < -0.4 is 4.72 Å². The molecule has 0 atom stereocenters. The molecule has 0 spiro atoms. The summed E-state index contributed by atoms with van der Waals surface area (Å²) in [4.78, 5) is 0. The molecular weight excluding hydrogens is 234 g/mol. The van der Waals surface area contributed by atoms with Gasteiger partial charge < -0.3 is 0 Å². The van der Waals surface area contributed by atoms with Gasteiger partial charge in [-0.15, -0.1) is 11.6 Å². The van der Waals surface area contributed by atoms with Crippen LogP contribution in [0.4, 0.5) is 0 Å². The second-order valence-electron chi connectivity index (χ2n) is 4.56. The average Bonchev–Trinajstić information content (AvgIpc) is 2.17.